The van der Waals surface area contributed by atoms with Crippen molar-refractivity contribution in [1.82, 2.24) is 14.0 Å². The molecule has 2 heterocycles. The number of esters is 1. The molecule has 1 N–H and O–H groups in total. The van der Waals surface area contributed by atoms with Crippen molar-refractivity contribution in [2.75, 3.05) is 26.5 Å². The maximum Gasteiger partial charge on any atom is 0.339 e. The highest BCUT2D eigenvalue weighted by Gasteiger charge is 2.26. The fourth-order valence-electron chi connectivity index (χ4n) is 3.96. The van der Waals surface area contributed by atoms with Gasteiger partial charge in [0, 0.05) is 14.1 Å². The van der Waals surface area contributed by atoms with Crippen LogP contribution in [0.1, 0.15) is 25.6 Å². The average Bonchev–Trinajstić information content (AvgIpc) is 3.25. The molecule has 2 aromatic heterocycles. The summed E-state index contributed by atoms with van der Waals surface area (Å²) >= 11 is 13.1. The molecular weight excluding hydrogens is 567 g/mol. The Bertz CT molecular complexity index is 1770. The molecule has 0 aliphatic heterocycles. The van der Waals surface area contributed by atoms with E-state index in [0.29, 0.717) is 5.56 Å². The van der Waals surface area contributed by atoms with E-state index in [2.05, 4.69) is 5.32 Å². The van der Waals surface area contributed by atoms with Gasteiger partial charge >= 0.3 is 11.7 Å². The smallest absolute Gasteiger partial charge is 0.339 e. The number of aromatic nitrogens is 2. The second-order valence-corrected chi connectivity index (χ2v) is 10.4. The van der Waals surface area contributed by atoms with Gasteiger partial charge in [0.1, 0.15) is 11.4 Å². The first-order valence-electron chi connectivity index (χ1n) is 11.4. The largest absolute Gasteiger partial charge is 0.465 e. The van der Waals surface area contributed by atoms with Gasteiger partial charge in [-0.3, -0.25) is 19.0 Å². The number of carbonyl (C=O) groups is 3. The molecule has 0 spiro atoms. The van der Waals surface area contributed by atoms with Crippen LogP contribution in [0, 0.1) is 6.92 Å². The standard InChI is InChI=1S/C26H22Cl2N4O6S/c1-13-20-22(34)32(14-9-10-16(27)17(28)11-14)26(37)31(24(20)39-21(13)23(35)30(2)3)12-19(33)29-18-8-6-5-7-15(18)25(36)38-4/h5-11H,12H2,1-4H3,(H,29,33). The summed E-state index contributed by atoms with van der Waals surface area (Å²) in [5, 5.41) is 3.08. The highest BCUT2D eigenvalue weighted by molar-refractivity contribution is 7.20. The minimum atomic E-state index is -0.826. The lowest BCUT2D eigenvalue weighted by Crippen LogP contribution is -2.40. The number of anilines is 1. The van der Waals surface area contributed by atoms with E-state index in [-0.39, 0.29) is 48.0 Å². The molecular formula is C26H22Cl2N4O6S. The summed E-state index contributed by atoms with van der Waals surface area (Å²) in [7, 11) is 4.36. The van der Waals surface area contributed by atoms with Gasteiger partial charge < -0.3 is 15.0 Å². The molecule has 0 atom stereocenters. The number of nitrogens with zero attached hydrogens (tertiary/aromatic N) is 3. The molecule has 0 saturated heterocycles. The number of ether oxygens (including phenoxy) is 1. The van der Waals surface area contributed by atoms with Gasteiger partial charge in [-0.2, -0.15) is 0 Å². The van der Waals surface area contributed by atoms with Crippen LogP contribution in [0.25, 0.3) is 15.9 Å². The van der Waals surface area contributed by atoms with Crippen LogP contribution < -0.4 is 16.6 Å². The summed E-state index contributed by atoms with van der Waals surface area (Å²) in [4.78, 5) is 67.3. The van der Waals surface area contributed by atoms with Crippen LogP contribution in [0.15, 0.2) is 52.1 Å². The molecule has 0 aliphatic carbocycles. The monoisotopic (exact) mass is 588 g/mol. The molecule has 10 nitrogen and oxygen atoms in total. The molecule has 202 valence electrons. The number of methoxy groups -OCH3 is 1. The van der Waals surface area contributed by atoms with Gasteiger partial charge in [0.15, 0.2) is 0 Å². The van der Waals surface area contributed by atoms with E-state index >= 15 is 0 Å². The van der Waals surface area contributed by atoms with Crippen molar-refractivity contribution in [2.45, 2.75) is 13.5 Å². The van der Waals surface area contributed by atoms with Crippen molar-refractivity contribution in [1.29, 1.82) is 0 Å². The van der Waals surface area contributed by atoms with E-state index in [1.54, 1.807) is 33.2 Å². The van der Waals surface area contributed by atoms with Crippen LogP contribution in [0.4, 0.5) is 5.69 Å². The fourth-order valence-corrected chi connectivity index (χ4v) is 5.56. The van der Waals surface area contributed by atoms with E-state index in [1.807, 2.05) is 0 Å². The van der Waals surface area contributed by atoms with Crippen molar-refractivity contribution >= 4 is 68.2 Å². The van der Waals surface area contributed by atoms with Crippen LogP contribution in [-0.4, -0.2) is 53.0 Å². The van der Waals surface area contributed by atoms with Crippen molar-refractivity contribution in [3.8, 4) is 5.69 Å². The number of halogens is 2. The van der Waals surface area contributed by atoms with Gasteiger partial charge in [-0.1, -0.05) is 35.3 Å². The van der Waals surface area contributed by atoms with Gasteiger partial charge in [0.2, 0.25) is 5.91 Å². The third-order valence-electron chi connectivity index (χ3n) is 5.88. The topological polar surface area (TPSA) is 120 Å². The predicted molar refractivity (Wildman–Crippen MR) is 151 cm³/mol. The molecule has 0 bridgehead atoms. The quantitative estimate of drug-likeness (QED) is 0.340. The number of carbonyl (C=O) groups excluding carboxylic acids is 3. The van der Waals surface area contributed by atoms with Crippen LogP contribution in [0.3, 0.4) is 0 Å². The molecule has 13 heteroatoms. The number of rotatable bonds is 6. The number of fused-ring (bicyclic) bond motifs is 1. The Hall–Kier alpha value is -3.93. The summed E-state index contributed by atoms with van der Waals surface area (Å²) in [6.07, 6.45) is 0. The molecule has 2 aromatic carbocycles. The van der Waals surface area contributed by atoms with Crippen LogP contribution in [0.5, 0.6) is 0 Å². The van der Waals surface area contributed by atoms with E-state index in [4.69, 9.17) is 27.9 Å². The van der Waals surface area contributed by atoms with Crippen LogP contribution in [-0.2, 0) is 16.1 Å². The Morgan fingerprint density at radius 1 is 1.05 bits per heavy atom. The van der Waals surface area contributed by atoms with E-state index in [9.17, 15) is 24.0 Å². The highest BCUT2D eigenvalue weighted by atomic mass is 35.5. The Balaban J connectivity index is 1.92. The molecule has 0 unspecified atom stereocenters. The fraction of sp³-hybridized carbons (Fsp3) is 0.192. The summed E-state index contributed by atoms with van der Waals surface area (Å²) in [5.74, 6) is -1.66. The number of hydrogen-bond donors (Lipinski definition) is 1. The number of aryl methyl sites for hydroxylation is 1. The van der Waals surface area contributed by atoms with Gasteiger partial charge in [0.05, 0.1) is 44.4 Å². The third kappa shape index (κ3) is 5.20. The Morgan fingerprint density at radius 3 is 2.38 bits per heavy atom. The minimum Gasteiger partial charge on any atom is -0.465 e. The molecule has 4 rings (SSSR count). The normalized spacial score (nSPS) is 10.9. The summed E-state index contributed by atoms with van der Waals surface area (Å²) in [6.45, 7) is 1.08. The second kappa shape index (κ2) is 11.0. The number of amides is 2. The van der Waals surface area contributed by atoms with Gasteiger partial charge in [0.25, 0.3) is 11.5 Å². The lowest BCUT2D eigenvalue weighted by molar-refractivity contribution is -0.116. The molecule has 2 amide bonds. The summed E-state index contributed by atoms with van der Waals surface area (Å²) in [6, 6.07) is 10.5. The summed E-state index contributed by atoms with van der Waals surface area (Å²) in [5.41, 5.74) is -0.685. The van der Waals surface area contributed by atoms with E-state index in [0.717, 1.165) is 20.5 Å². The number of hydrogen-bond acceptors (Lipinski definition) is 7. The Morgan fingerprint density at radius 2 is 1.74 bits per heavy atom. The molecule has 39 heavy (non-hydrogen) atoms. The zero-order valence-electron chi connectivity index (χ0n) is 21.2. The maximum atomic E-state index is 13.7. The molecule has 0 fully saturated rings. The highest BCUT2D eigenvalue weighted by Crippen LogP contribution is 2.30. The average molecular weight is 589 g/mol. The van der Waals surface area contributed by atoms with Crippen molar-refractivity contribution < 1.29 is 19.1 Å². The van der Waals surface area contributed by atoms with E-state index < -0.39 is 29.7 Å². The van der Waals surface area contributed by atoms with Gasteiger partial charge in [-0.15, -0.1) is 11.3 Å². The number of para-hydroxylation sites is 1. The van der Waals surface area contributed by atoms with Crippen molar-refractivity contribution in [3.05, 3.63) is 89.4 Å². The number of benzene rings is 2. The Labute approximate surface area is 235 Å². The first kappa shape index (κ1) is 28.1. The van der Waals surface area contributed by atoms with Crippen molar-refractivity contribution in [3.63, 3.8) is 0 Å². The minimum absolute atomic E-state index is 0.110. The first-order valence-corrected chi connectivity index (χ1v) is 13.0. The van der Waals surface area contributed by atoms with Crippen LogP contribution >= 0.6 is 34.5 Å². The first-order chi connectivity index (χ1) is 18.5. The van der Waals surface area contributed by atoms with Gasteiger partial charge in [-0.05, 0) is 42.8 Å². The number of thiophene rings is 1. The van der Waals surface area contributed by atoms with Crippen molar-refractivity contribution in [2.24, 2.45) is 0 Å². The predicted octanol–water partition coefficient (Wildman–Crippen LogP) is 3.96. The number of nitrogens with one attached hydrogen (secondary N) is 1. The third-order valence-corrected chi connectivity index (χ3v) is 7.92. The molecule has 0 saturated carbocycles. The zero-order valence-corrected chi connectivity index (χ0v) is 23.5. The molecule has 4 aromatic rings. The zero-order chi connectivity index (χ0) is 28.6. The summed E-state index contributed by atoms with van der Waals surface area (Å²) < 4.78 is 6.76. The second-order valence-electron chi connectivity index (χ2n) is 8.63. The lowest BCUT2D eigenvalue weighted by atomic mass is 10.2. The molecule has 0 radical (unpaired) electrons. The molecule has 0 aliphatic rings. The SMILES string of the molecule is COC(=O)c1ccccc1NC(=O)Cn1c(=O)n(-c2ccc(Cl)c(Cl)c2)c(=O)c2c(C)c(C(=O)N(C)C)sc21. The van der Waals surface area contributed by atoms with Crippen LogP contribution in [0.2, 0.25) is 10.0 Å². The van der Waals surface area contributed by atoms with E-state index in [1.165, 1.54) is 42.3 Å². The Kier molecular flexibility index (Phi) is 7.96. The maximum absolute atomic E-state index is 13.7. The van der Waals surface area contributed by atoms with Gasteiger partial charge in [-0.25, -0.2) is 14.2 Å². The lowest BCUT2D eigenvalue weighted by Gasteiger charge is -2.14.